The van der Waals surface area contributed by atoms with Gasteiger partial charge in [0.1, 0.15) is 11.6 Å². The van der Waals surface area contributed by atoms with Gasteiger partial charge < -0.3 is 19.8 Å². The maximum absolute atomic E-state index is 10.2. The summed E-state index contributed by atoms with van der Waals surface area (Å²) in [5.41, 5.74) is 0. The molecule has 2 unspecified atom stereocenters. The van der Waals surface area contributed by atoms with Crippen LogP contribution in [0, 0.1) is 11.8 Å². The van der Waals surface area contributed by atoms with E-state index in [-0.39, 0.29) is 28.6 Å². The summed E-state index contributed by atoms with van der Waals surface area (Å²) in [7, 11) is 0. The molecule has 0 aliphatic rings. The minimum Gasteiger partial charge on any atom is -0.549 e. The maximum Gasteiger partial charge on any atom is 2.00 e. The molecule has 0 aromatic carbocycles. The Kier molecular flexibility index (Phi) is 12.4. The van der Waals surface area contributed by atoms with Crippen LogP contribution in [-0.4, -0.2) is 23.5 Å². The molecule has 0 amide bonds. The van der Waals surface area contributed by atoms with Crippen molar-refractivity contribution in [2.45, 2.75) is 27.7 Å². The summed E-state index contributed by atoms with van der Waals surface area (Å²) in [4.78, 5) is 39.9. The Hall–Kier alpha value is -1.20. The minimum atomic E-state index is -1.31. The fourth-order valence-electron chi connectivity index (χ4n) is 0.332. The molecule has 0 aliphatic heterocycles. The molecule has 0 aromatic heterocycles. The van der Waals surface area contributed by atoms with Gasteiger partial charge in [0.25, 0.3) is 0 Å². The van der Waals surface area contributed by atoms with Crippen LogP contribution in [0.4, 0.5) is 0 Å². The average molecular weight is 294 g/mol. The van der Waals surface area contributed by atoms with Gasteiger partial charge in [0.2, 0.25) is 0 Å². The van der Waals surface area contributed by atoms with E-state index >= 15 is 0 Å². The van der Waals surface area contributed by atoms with E-state index in [0.29, 0.717) is 0 Å². The maximum atomic E-state index is 10.2. The molecule has 0 heterocycles. The second-order valence-corrected chi connectivity index (χ2v) is 3.30. The Morgan fingerprint density at radius 2 is 0.941 bits per heavy atom. The Morgan fingerprint density at radius 3 is 0.941 bits per heavy atom. The van der Waals surface area contributed by atoms with Gasteiger partial charge in [-0.2, -0.15) is 0 Å². The van der Waals surface area contributed by atoms with Crippen molar-refractivity contribution in [1.82, 2.24) is 0 Å². The number of ketones is 2. The summed E-state index contributed by atoms with van der Waals surface area (Å²) in [6, 6.07) is 0. The van der Waals surface area contributed by atoms with Crippen LogP contribution in [0.15, 0.2) is 0 Å². The zero-order valence-electron chi connectivity index (χ0n) is 9.91. The van der Waals surface area contributed by atoms with Crippen molar-refractivity contribution in [3.8, 4) is 0 Å². The van der Waals surface area contributed by atoms with Crippen LogP contribution in [0.2, 0.25) is 0 Å². The van der Waals surface area contributed by atoms with Crippen molar-refractivity contribution in [2.24, 2.45) is 11.8 Å². The smallest absolute Gasteiger partial charge is 0.549 e. The third-order valence-corrected chi connectivity index (χ3v) is 1.93. The second kappa shape index (κ2) is 9.99. The summed E-state index contributed by atoms with van der Waals surface area (Å²) in [5, 5.41) is 19.6. The van der Waals surface area contributed by atoms with Crippen LogP contribution < -0.4 is 10.2 Å². The fraction of sp³-hybridized carbons (Fsp3) is 0.600. The number of carbonyl (C=O) groups is 4. The topological polar surface area (TPSA) is 114 Å². The summed E-state index contributed by atoms with van der Waals surface area (Å²) in [5.74, 6) is -5.28. The van der Waals surface area contributed by atoms with E-state index in [2.05, 4.69) is 0 Å². The molecule has 0 aliphatic carbocycles. The molecule has 1 radical (unpaired) electrons. The molecular weight excluding hydrogens is 280 g/mol. The molecule has 0 saturated carbocycles. The third-order valence-electron chi connectivity index (χ3n) is 1.93. The molecule has 0 bridgehead atoms. The molecule has 0 rings (SSSR count). The van der Waals surface area contributed by atoms with Gasteiger partial charge in [-0.3, -0.25) is 9.59 Å². The molecule has 0 fully saturated rings. The van der Waals surface area contributed by atoms with E-state index in [1.54, 1.807) is 0 Å². The molecule has 0 saturated heterocycles. The van der Waals surface area contributed by atoms with Crippen LogP contribution in [0.3, 0.4) is 0 Å². The van der Waals surface area contributed by atoms with Gasteiger partial charge in [-0.1, -0.05) is 13.8 Å². The van der Waals surface area contributed by atoms with Crippen molar-refractivity contribution in [2.75, 3.05) is 0 Å². The largest absolute Gasteiger partial charge is 2.00 e. The van der Waals surface area contributed by atoms with E-state index in [1.165, 1.54) is 27.7 Å². The number of Topliss-reactive ketones (excluding diaryl/α,β-unsaturated/α-hetero) is 2. The summed E-state index contributed by atoms with van der Waals surface area (Å²) in [6.07, 6.45) is 0. The standard InChI is InChI=1S/2C5H8O3.Cu/c2*1-3(4(2)6)5(7)8;/h2*3H,1-2H3,(H,7,8);/q;;+2/p-2. The van der Waals surface area contributed by atoms with E-state index in [9.17, 15) is 29.4 Å². The first-order valence-corrected chi connectivity index (χ1v) is 4.53. The van der Waals surface area contributed by atoms with Crippen molar-refractivity contribution in [3.63, 3.8) is 0 Å². The van der Waals surface area contributed by atoms with Crippen LogP contribution in [-0.2, 0) is 36.2 Å². The van der Waals surface area contributed by atoms with Gasteiger partial charge in [0, 0.05) is 0 Å². The summed E-state index contributed by atoms with van der Waals surface area (Å²) in [6.45, 7) is 5.05. The van der Waals surface area contributed by atoms with Gasteiger partial charge in [-0.05, 0) is 13.8 Å². The predicted octanol–water partition coefficient (Wildman–Crippen LogP) is -2.08. The molecule has 6 nitrogen and oxygen atoms in total. The average Bonchev–Trinajstić information content (AvgIpc) is 2.15. The molecular formula is C10H14CuO6. The van der Waals surface area contributed by atoms with E-state index in [4.69, 9.17) is 0 Å². The zero-order chi connectivity index (χ0) is 13.5. The quantitative estimate of drug-likeness (QED) is 0.434. The van der Waals surface area contributed by atoms with Gasteiger partial charge in [-0.25, -0.2) is 0 Å². The Bertz CT molecular complexity index is 241. The molecule has 17 heavy (non-hydrogen) atoms. The molecule has 2 atom stereocenters. The zero-order valence-corrected chi connectivity index (χ0v) is 10.8. The minimum absolute atomic E-state index is 0. The Labute approximate surface area is 110 Å². The van der Waals surface area contributed by atoms with Crippen LogP contribution in [0.25, 0.3) is 0 Å². The molecule has 0 aromatic rings. The Morgan fingerprint density at radius 1 is 0.765 bits per heavy atom. The van der Waals surface area contributed by atoms with E-state index < -0.39 is 23.8 Å². The number of hydrogen-bond donors (Lipinski definition) is 0. The first-order chi connectivity index (χ1) is 7.11. The predicted molar refractivity (Wildman–Crippen MR) is 49.7 cm³/mol. The second-order valence-electron chi connectivity index (χ2n) is 3.30. The number of rotatable bonds is 4. The SMILES string of the molecule is CC(=O)C(C)C(=O)[O-].CC(=O)C(C)C(=O)[O-].[Cu+2]. The van der Waals surface area contributed by atoms with Gasteiger partial charge in [-0.15, -0.1) is 0 Å². The van der Waals surface area contributed by atoms with Crippen molar-refractivity contribution in [3.05, 3.63) is 0 Å². The van der Waals surface area contributed by atoms with Crippen molar-refractivity contribution < 1.29 is 46.5 Å². The van der Waals surface area contributed by atoms with Crippen molar-refractivity contribution in [1.29, 1.82) is 0 Å². The van der Waals surface area contributed by atoms with Gasteiger partial charge in [0.05, 0.1) is 23.8 Å². The normalized spacial score (nSPS) is 12.0. The molecule has 7 heteroatoms. The number of hydrogen-bond acceptors (Lipinski definition) is 6. The monoisotopic (exact) mass is 293 g/mol. The van der Waals surface area contributed by atoms with Crippen LogP contribution >= 0.6 is 0 Å². The number of carbonyl (C=O) groups excluding carboxylic acids is 4. The number of aliphatic carboxylic acids is 2. The van der Waals surface area contributed by atoms with Gasteiger partial charge in [0.15, 0.2) is 0 Å². The summed E-state index contributed by atoms with van der Waals surface area (Å²) >= 11 is 0. The summed E-state index contributed by atoms with van der Waals surface area (Å²) < 4.78 is 0. The third kappa shape index (κ3) is 11.1. The van der Waals surface area contributed by atoms with Crippen molar-refractivity contribution >= 4 is 23.5 Å². The van der Waals surface area contributed by atoms with E-state index in [0.717, 1.165) is 0 Å². The molecule has 101 valence electrons. The number of carboxylic acid groups (broad SMARTS) is 2. The van der Waals surface area contributed by atoms with Gasteiger partial charge >= 0.3 is 17.1 Å². The molecule has 0 spiro atoms. The van der Waals surface area contributed by atoms with Crippen LogP contribution in [0.1, 0.15) is 27.7 Å². The number of carboxylic acids is 2. The van der Waals surface area contributed by atoms with Crippen LogP contribution in [0.5, 0.6) is 0 Å². The Balaban J connectivity index is -0.000000218. The fourth-order valence-corrected chi connectivity index (χ4v) is 0.332. The molecule has 0 N–H and O–H groups in total. The van der Waals surface area contributed by atoms with E-state index in [1.807, 2.05) is 0 Å². The first-order valence-electron chi connectivity index (χ1n) is 4.53. The first kappa shape index (κ1) is 21.1.